The smallest absolute Gasteiger partial charge is 0.366 e. The first-order chi connectivity index (χ1) is 56.4. The van der Waals surface area contributed by atoms with E-state index in [4.69, 9.17) is 61.6 Å². The van der Waals surface area contributed by atoms with Crippen molar-refractivity contribution < 1.29 is 129 Å². The Bertz CT molecular complexity index is 4310. The van der Waals surface area contributed by atoms with Gasteiger partial charge in [0.05, 0.1) is 71.0 Å². The van der Waals surface area contributed by atoms with Crippen LogP contribution in [0.2, 0.25) is 0 Å². The number of amides is 5. The van der Waals surface area contributed by atoms with Crippen molar-refractivity contribution in [3.8, 4) is 28.0 Å². The van der Waals surface area contributed by atoms with E-state index in [9.17, 15) is 67.1 Å². The Balaban J connectivity index is 0.930. The van der Waals surface area contributed by atoms with E-state index in [0.29, 0.717) is 29.4 Å². The van der Waals surface area contributed by atoms with E-state index < -0.39 is 176 Å². The van der Waals surface area contributed by atoms with Gasteiger partial charge in [0, 0.05) is 90.8 Å². The molecule has 2 aliphatic heterocycles. The van der Waals surface area contributed by atoms with Crippen molar-refractivity contribution in [3.63, 3.8) is 0 Å². The standard InChI is InChI=1S/C84H101N5O27S2/c1-12-38-106-67-45-64(80(101)85-37-44-118-43-21-40-108-84(82(103)105-11)47-69(110-53(5)93)73(89-51(3)91)77(116-84)75(114-57(9)97)71(112-55(7)95)49-87-79(100)63-33-29-61(30-34-63)59-24-17-14-18-25-59)35-36-65(67)66(98)26-19-41-117-42-20-39-107-83(81(102)104-10)46-68(109-52(4)92)72(88-50(2)90)76(115-83)74(113-56(8)96)70(111-54(6)94)48-86-78(99)62-31-27-60(28-32-62)58-22-15-13-16-23-58/h12-18,22-25,27-36,45,68-77H,1,19-21,26,37-44,46-49H2,2-11H3,(H,85,101)(H,86,99)(H,87,100)(H,88,90)(H,89,91)/t68-,69-,70+,71+,72+,73+,74+,75+,76+,77+,83+,84+/m0/s1. The molecular weight excluding hydrogens is 1580 g/mol. The molecule has 2 fully saturated rings. The third-order valence-corrected chi connectivity index (χ3v) is 20.4. The number of hydrogen-bond donors (Lipinski definition) is 5. The molecule has 118 heavy (non-hydrogen) atoms. The summed E-state index contributed by atoms with van der Waals surface area (Å²) in [5, 5.41) is 13.6. The number of carbonyl (C=O) groups is 14. The van der Waals surface area contributed by atoms with Crippen LogP contribution < -0.4 is 31.3 Å². The number of nitrogens with one attached hydrogen (secondary N) is 5. The van der Waals surface area contributed by atoms with Crippen LogP contribution >= 0.6 is 23.5 Å². The molecule has 0 saturated carbocycles. The van der Waals surface area contributed by atoms with Gasteiger partial charge in [0.25, 0.3) is 29.3 Å². The zero-order valence-electron chi connectivity index (χ0n) is 67.3. The van der Waals surface area contributed by atoms with Crippen molar-refractivity contribution >= 4 is 107 Å². The second kappa shape index (κ2) is 46.8. The minimum Gasteiger partial charge on any atom is -0.489 e. The maximum Gasteiger partial charge on any atom is 0.366 e. The maximum atomic E-state index is 14.0. The number of rotatable bonds is 44. The van der Waals surface area contributed by atoms with Crippen LogP contribution in [-0.4, -0.2) is 232 Å². The fourth-order valence-electron chi connectivity index (χ4n) is 13.2. The Morgan fingerprint density at radius 1 is 0.475 bits per heavy atom. The average Bonchev–Trinajstić information content (AvgIpc) is 0.760. The van der Waals surface area contributed by atoms with Gasteiger partial charge in [-0.3, -0.25) is 57.5 Å². The van der Waals surface area contributed by atoms with Crippen LogP contribution in [0.3, 0.4) is 0 Å². The number of methoxy groups -OCH3 is 2. The summed E-state index contributed by atoms with van der Waals surface area (Å²) < 4.78 is 76.2. The number of carbonyl (C=O) groups excluding carboxylic acids is 14. The van der Waals surface area contributed by atoms with E-state index in [0.717, 1.165) is 91.9 Å². The van der Waals surface area contributed by atoms with Gasteiger partial charge in [-0.1, -0.05) is 97.6 Å². The number of esters is 8. The minimum absolute atomic E-state index is 0.0111. The normalized spacial score (nSPS) is 19.7. The molecule has 5 aromatic rings. The Kier molecular flexibility index (Phi) is 37.3. The van der Waals surface area contributed by atoms with Crippen molar-refractivity contribution in [1.82, 2.24) is 26.6 Å². The zero-order chi connectivity index (χ0) is 86.1. The monoisotopic (exact) mass is 1680 g/mol. The largest absolute Gasteiger partial charge is 0.489 e. The molecule has 0 bridgehead atoms. The Hall–Kier alpha value is -11.0. The summed E-state index contributed by atoms with van der Waals surface area (Å²) in [5.41, 5.74) is 4.36. The van der Waals surface area contributed by atoms with Gasteiger partial charge in [-0.2, -0.15) is 23.5 Å². The Morgan fingerprint density at radius 2 is 0.864 bits per heavy atom. The van der Waals surface area contributed by atoms with Gasteiger partial charge in [0.1, 0.15) is 36.8 Å². The first-order valence-electron chi connectivity index (χ1n) is 38.0. The van der Waals surface area contributed by atoms with Gasteiger partial charge >= 0.3 is 47.8 Å². The van der Waals surface area contributed by atoms with E-state index in [1.165, 1.54) is 47.8 Å². The first-order valence-corrected chi connectivity index (χ1v) is 40.3. The number of Topliss-reactive ketones (excluding diaryl/α,β-unsaturated/α-hetero) is 1. The maximum absolute atomic E-state index is 14.0. The van der Waals surface area contributed by atoms with Crippen LogP contribution in [0, 0.1) is 0 Å². The third-order valence-electron chi connectivity index (χ3n) is 18.2. The van der Waals surface area contributed by atoms with Crippen LogP contribution in [-0.2, 0) is 105 Å². The van der Waals surface area contributed by atoms with Crippen LogP contribution in [0.25, 0.3) is 22.3 Å². The molecule has 32 nitrogen and oxygen atoms in total. The highest BCUT2D eigenvalue weighted by atomic mass is 32.2. The van der Waals surface area contributed by atoms with E-state index >= 15 is 0 Å². The van der Waals surface area contributed by atoms with Gasteiger partial charge in [-0.05, 0) is 101 Å². The molecule has 0 unspecified atom stereocenters. The van der Waals surface area contributed by atoms with Crippen molar-refractivity contribution in [2.24, 2.45) is 0 Å². The zero-order valence-corrected chi connectivity index (χ0v) is 69.0. The van der Waals surface area contributed by atoms with Crippen molar-refractivity contribution in [2.45, 2.75) is 166 Å². The molecule has 0 spiro atoms. The van der Waals surface area contributed by atoms with E-state index in [-0.39, 0.29) is 79.4 Å². The van der Waals surface area contributed by atoms with Crippen molar-refractivity contribution in [1.29, 1.82) is 0 Å². The van der Waals surface area contributed by atoms with E-state index in [2.05, 4.69) is 33.2 Å². The highest BCUT2D eigenvalue weighted by Gasteiger charge is 2.61. The highest BCUT2D eigenvalue weighted by molar-refractivity contribution is 7.99. The lowest BCUT2D eigenvalue weighted by atomic mass is 9.87. The van der Waals surface area contributed by atoms with Gasteiger partial charge < -0.3 is 88.2 Å². The summed E-state index contributed by atoms with van der Waals surface area (Å²) in [4.78, 5) is 186. The molecule has 2 aliphatic rings. The lowest BCUT2D eigenvalue weighted by molar-refractivity contribution is -0.313. The van der Waals surface area contributed by atoms with E-state index in [1.54, 1.807) is 48.5 Å². The Labute approximate surface area is 691 Å². The van der Waals surface area contributed by atoms with Crippen LogP contribution in [0.15, 0.2) is 140 Å². The lowest BCUT2D eigenvalue weighted by Gasteiger charge is -2.48. The highest BCUT2D eigenvalue weighted by Crippen LogP contribution is 2.40. The van der Waals surface area contributed by atoms with Crippen LogP contribution in [0.5, 0.6) is 5.75 Å². The van der Waals surface area contributed by atoms with Crippen molar-refractivity contribution in [2.75, 3.05) is 76.7 Å². The fourth-order valence-corrected chi connectivity index (χ4v) is 14.9. The molecular formula is C84H101N5O27S2. The number of hydrogen-bond acceptors (Lipinski definition) is 29. The molecule has 0 radical (unpaired) electrons. The first kappa shape index (κ1) is 94.1. The van der Waals surface area contributed by atoms with Gasteiger partial charge in [0.2, 0.25) is 11.8 Å². The summed E-state index contributed by atoms with van der Waals surface area (Å²) in [6, 6.07) is 33.9. The van der Waals surface area contributed by atoms with Crippen molar-refractivity contribution in [3.05, 3.63) is 162 Å². The predicted octanol–water partition coefficient (Wildman–Crippen LogP) is 7.33. The van der Waals surface area contributed by atoms with Gasteiger partial charge in [-0.15, -0.1) is 0 Å². The quantitative estimate of drug-likeness (QED) is 0.00837. The molecule has 2 heterocycles. The van der Waals surface area contributed by atoms with Gasteiger partial charge in [0.15, 0.2) is 30.2 Å². The number of ether oxygens (including phenoxy) is 13. The molecule has 0 aliphatic carbocycles. The van der Waals surface area contributed by atoms with Crippen LogP contribution in [0.4, 0.5) is 0 Å². The molecule has 5 aromatic carbocycles. The molecule has 636 valence electrons. The second-order valence-electron chi connectivity index (χ2n) is 27.3. The lowest BCUT2D eigenvalue weighted by Crippen LogP contribution is -2.69. The molecule has 5 N–H and O–H groups in total. The van der Waals surface area contributed by atoms with E-state index in [1.807, 2.05) is 60.7 Å². The fraction of sp³-hybridized carbons (Fsp3) is 0.452. The summed E-state index contributed by atoms with van der Waals surface area (Å²) in [6.07, 6.45) is -11.5. The van der Waals surface area contributed by atoms with Crippen LogP contribution in [0.1, 0.15) is 135 Å². The topological polar surface area (TPSA) is 419 Å². The number of benzene rings is 5. The molecule has 0 aromatic heterocycles. The average molecular weight is 1680 g/mol. The summed E-state index contributed by atoms with van der Waals surface area (Å²) >= 11 is 2.87. The summed E-state index contributed by atoms with van der Waals surface area (Å²) in [5.74, 6) is -13.8. The minimum atomic E-state index is -2.41. The Morgan fingerprint density at radius 3 is 1.25 bits per heavy atom. The second-order valence-corrected chi connectivity index (χ2v) is 29.7. The molecule has 12 atom stereocenters. The predicted molar refractivity (Wildman–Crippen MR) is 429 cm³/mol. The summed E-state index contributed by atoms with van der Waals surface area (Å²) in [6.45, 7) is 11.3. The SMILES string of the molecule is C=CCOc1cc(C(=O)NCCSCCCO[C@]2(C(=O)OC)C[C@H](OC(C)=O)[C@@H](NC(C)=O)[C@H]([C@H](OC(C)=O)[C@@H](CNC(=O)c3ccc(-c4ccccc4)cc3)OC(C)=O)O2)ccc1C(=O)CCCSCCCO[C@]1(C(=O)OC)C[C@H](OC(C)=O)[C@@H](NC(C)=O)[C@H]([C@H](OC(C)=O)[C@@H](CNC(=O)c2ccc(-c3ccccc3)cc2)OC(C)=O)O1. The van der Waals surface area contributed by atoms with Gasteiger partial charge in [-0.25, -0.2) is 9.59 Å². The molecule has 34 heteroatoms. The third kappa shape index (κ3) is 28.4. The summed E-state index contributed by atoms with van der Waals surface area (Å²) in [7, 11) is 2.11. The molecule has 7 rings (SSSR count). The number of ketones is 1. The molecule has 2 saturated heterocycles. The molecule has 5 amide bonds. The number of thioether (sulfide) groups is 2.